The van der Waals surface area contributed by atoms with E-state index in [0.717, 1.165) is 24.8 Å². The van der Waals surface area contributed by atoms with E-state index >= 15 is 0 Å². The summed E-state index contributed by atoms with van der Waals surface area (Å²) in [5.41, 5.74) is 0.468. The van der Waals surface area contributed by atoms with Crippen molar-refractivity contribution in [3.8, 4) is 0 Å². The lowest BCUT2D eigenvalue weighted by Crippen LogP contribution is -2.44. The van der Waals surface area contributed by atoms with Crippen molar-refractivity contribution < 1.29 is 19.1 Å². The highest BCUT2D eigenvalue weighted by Gasteiger charge is 2.58. The molecule has 2 aliphatic heterocycles. The molecule has 3 aliphatic rings. The number of rotatable bonds is 4. The van der Waals surface area contributed by atoms with Gasteiger partial charge in [0.25, 0.3) is 5.91 Å². The maximum Gasteiger partial charge on any atom is 0.289 e. The fourth-order valence-corrected chi connectivity index (χ4v) is 4.58. The Morgan fingerprint density at radius 3 is 2.52 bits per heavy atom. The Morgan fingerprint density at radius 1 is 1.17 bits per heavy atom. The number of amides is 2. The van der Waals surface area contributed by atoms with Crippen molar-refractivity contribution in [2.24, 2.45) is 11.3 Å². The lowest BCUT2D eigenvalue weighted by Gasteiger charge is -2.36. The van der Waals surface area contributed by atoms with Crippen LogP contribution in [0.5, 0.6) is 0 Å². The van der Waals surface area contributed by atoms with Gasteiger partial charge in [0.05, 0.1) is 0 Å². The number of piperidine rings is 1. The number of nitrogens with one attached hydrogen (secondary N) is 1. The Morgan fingerprint density at radius 2 is 1.86 bits per heavy atom. The maximum absolute atomic E-state index is 12.8. The van der Waals surface area contributed by atoms with Crippen LogP contribution < -0.4 is 5.32 Å². The summed E-state index contributed by atoms with van der Waals surface area (Å²) < 4.78 is 5.75. The highest BCUT2D eigenvalue weighted by atomic mass is 16.5. The van der Waals surface area contributed by atoms with Crippen molar-refractivity contribution >= 4 is 17.6 Å². The van der Waals surface area contributed by atoms with Crippen molar-refractivity contribution in [3.05, 3.63) is 47.7 Å². The quantitative estimate of drug-likeness (QED) is 0.849. The lowest BCUT2D eigenvalue weighted by atomic mass is 9.90. The van der Waals surface area contributed by atoms with Crippen LogP contribution >= 0.6 is 0 Å². The molecule has 2 fully saturated rings. The summed E-state index contributed by atoms with van der Waals surface area (Å²) in [5.74, 6) is 0.00528. The van der Waals surface area contributed by atoms with E-state index in [1.807, 2.05) is 44.2 Å². The highest BCUT2D eigenvalue weighted by molar-refractivity contribution is 6.01. The van der Waals surface area contributed by atoms with Crippen LogP contribution in [0.2, 0.25) is 0 Å². The van der Waals surface area contributed by atoms with Gasteiger partial charge in [-0.1, -0.05) is 30.3 Å². The van der Waals surface area contributed by atoms with Crippen LogP contribution in [0, 0.1) is 11.3 Å². The second-order valence-corrected chi connectivity index (χ2v) is 9.13. The van der Waals surface area contributed by atoms with Crippen LogP contribution in [0.4, 0.5) is 0 Å². The molecule has 0 bridgehead atoms. The third-order valence-corrected chi connectivity index (χ3v) is 6.35. The number of carbonyl (C=O) groups excluding carboxylic acids is 3. The van der Waals surface area contributed by atoms with E-state index in [1.54, 1.807) is 4.90 Å². The molecule has 2 heterocycles. The van der Waals surface area contributed by atoms with E-state index < -0.39 is 5.60 Å². The van der Waals surface area contributed by atoms with Crippen molar-refractivity contribution in [3.63, 3.8) is 0 Å². The number of ketones is 1. The Balaban J connectivity index is 1.29. The molecule has 29 heavy (non-hydrogen) atoms. The van der Waals surface area contributed by atoms with Gasteiger partial charge in [-0.25, -0.2) is 0 Å². The number of hydrogen-bond donors (Lipinski definition) is 1. The molecule has 1 aliphatic carbocycles. The fourth-order valence-electron chi connectivity index (χ4n) is 4.58. The molecule has 1 aromatic carbocycles. The first-order valence-corrected chi connectivity index (χ1v) is 10.3. The molecule has 1 spiro atoms. The van der Waals surface area contributed by atoms with E-state index in [9.17, 15) is 14.4 Å². The monoisotopic (exact) mass is 396 g/mol. The number of ether oxygens (including phenoxy) is 1. The first-order valence-electron chi connectivity index (χ1n) is 10.3. The topological polar surface area (TPSA) is 75.7 Å². The predicted octanol–water partition coefficient (Wildman–Crippen LogP) is 2.58. The maximum atomic E-state index is 12.8. The summed E-state index contributed by atoms with van der Waals surface area (Å²) in [4.78, 5) is 39.0. The lowest BCUT2D eigenvalue weighted by molar-refractivity contribution is -0.139. The summed E-state index contributed by atoms with van der Waals surface area (Å²) in [6.07, 6.45) is 4.13. The second-order valence-electron chi connectivity index (χ2n) is 9.13. The van der Waals surface area contributed by atoms with Crippen LogP contribution in [0.1, 0.15) is 45.1 Å². The van der Waals surface area contributed by atoms with Gasteiger partial charge in [0.2, 0.25) is 5.91 Å². The van der Waals surface area contributed by atoms with Gasteiger partial charge in [-0.2, -0.15) is 0 Å². The Kier molecular flexibility index (Phi) is 4.97. The van der Waals surface area contributed by atoms with E-state index in [2.05, 4.69) is 5.32 Å². The van der Waals surface area contributed by atoms with Crippen molar-refractivity contribution in [2.75, 3.05) is 13.1 Å². The minimum atomic E-state index is -0.647. The number of allylic oxidation sites excluding steroid dienone is 1. The smallest absolute Gasteiger partial charge is 0.289 e. The summed E-state index contributed by atoms with van der Waals surface area (Å²) in [7, 11) is 0. The van der Waals surface area contributed by atoms with Gasteiger partial charge in [-0.3, -0.25) is 14.4 Å². The molecule has 1 saturated heterocycles. The zero-order valence-corrected chi connectivity index (χ0v) is 17.1. The Hall–Kier alpha value is -2.63. The summed E-state index contributed by atoms with van der Waals surface area (Å²) in [6.45, 7) is 5.37. The molecule has 4 rings (SSSR count). The zero-order chi connectivity index (χ0) is 20.6. The van der Waals surface area contributed by atoms with Gasteiger partial charge in [-0.05, 0) is 44.1 Å². The molecule has 1 unspecified atom stereocenters. The number of benzene rings is 1. The standard InChI is InChI=1S/C23H28N2O4/c1-22(2)13-17(26)12-19(29-22)21(28)25-10-8-23(9-11-25)14-18(23)20(27)24-15-16-6-4-3-5-7-16/h3-7,12,18H,8-11,13-15H2,1-2H3,(H,24,27). The number of carbonyl (C=O) groups is 3. The van der Waals surface area contributed by atoms with Crippen molar-refractivity contribution in [1.29, 1.82) is 0 Å². The second kappa shape index (κ2) is 7.32. The van der Waals surface area contributed by atoms with Gasteiger partial charge in [-0.15, -0.1) is 0 Å². The van der Waals surface area contributed by atoms with Crippen molar-refractivity contribution in [1.82, 2.24) is 10.2 Å². The molecule has 0 radical (unpaired) electrons. The molecular weight excluding hydrogens is 368 g/mol. The first kappa shape index (κ1) is 19.7. The normalized spacial score (nSPS) is 24.5. The largest absolute Gasteiger partial charge is 0.481 e. The van der Waals surface area contributed by atoms with Crippen molar-refractivity contribution in [2.45, 2.75) is 51.7 Å². The molecule has 0 aromatic heterocycles. The third kappa shape index (κ3) is 4.21. The SMILES string of the molecule is CC1(C)CC(=O)C=C(C(=O)N2CCC3(CC2)CC3C(=O)NCc2ccccc2)O1. The third-order valence-electron chi connectivity index (χ3n) is 6.35. The molecule has 1 aromatic rings. The minimum Gasteiger partial charge on any atom is -0.481 e. The molecule has 1 atom stereocenters. The molecule has 2 amide bonds. The summed E-state index contributed by atoms with van der Waals surface area (Å²) in [5, 5.41) is 3.05. The zero-order valence-electron chi connectivity index (χ0n) is 17.1. The number of nitrogens with zero attached hydrogens (tertiary/aromatic N) is 1. The van der Waals surface area contributed by atoms with Crippen LogP contribution in [0.3, 0.4) is 0 Å². The molecule has 1 N–H and O–H groups in total. The molecule has 154 valence electrons. The van der Waals surface area contributed by atoms with Crippen LogP contribution in [-0.2, 0) is 25.7 Å². The van der Waals surface area contributed by atoms with E-state index in [1.165, 1.54) is 6.08 Å². The minimum absolute atomic E-state index is 0.0223. The average molecular weight is 396 g/mol. The molecule has 6 nitrogen and oxygen atoms in total. The molecule has 1 saturated carbocycles. The number of hydrogen-bond acceptors (Lipinski definition) is 4. The van der Waals surface area contributed by atoms with Gasteiger partial charge in [0.15, 0.2) is 11.5 Å². The Bertz CT molecular complexity index is 851. The average Bonchev–Trinajstić information content (AvgIpc) is 3.39. The highest BCUT2D eigenvalue weighted by Crippen LogP contribution is 2.59. The van der Waals surface area contributed by atoms with Gasteiger partial charge < -0.3 is 15.0 Å². The number of likely N-dealkylation sites (tertiary alicyclic amines) is 1. The van der Waals surface area contributed by atoms with E-state index in [-0.39, 0.29) is 41.1 Å². The van der Waals surface area contributed by atoms with Crippen LogP contribution in [0.15, 0.2) is 42.2 Å². The van der Waals surface area contributed by atoms with Crippen LogP contribution in [-0.4, -0.2) is 41.2 Å². The van der Waals surface area contributed by atoms with E-state index in [0.29, 0.717) is 19.6 Å². The first-order chi connectivity index (χ1) is 13.8. The Labute approximate surface area is 171 Å². The fraction of sp³-hybridized carbons (Fsp3) is 0.522. The van der Waals surface area contributed by atoms with Gasteiger partial charge in [0.1, 0.15) is 5.60 Å². The van der Waals surface area contributed by atoms with E-state index in [4.69, 9.17) is 4.74 Å². The van der Waals surface area contributed by atoms with Crippen LogP contribution in [0.25, 0.3) is 0 Å². The summed E-state index contributed by atoms with van der Waals surface area (Å²) >= 11 is 0. The predicted molar refractivity (Wildman–Crippen MR) is 108 cm³/mol. The molecule has 6 heteroatoms. The van der Waals surface area contributed by atoms with Gasteiger partial charge in [0, 0.05) is 38.0 Å². The molecular formula is C23H28N2O4. The summed E-state index contributed by atoms with van der Waals surface area (Å²) in [6, 6.07) is 9.89. The van der Waals surface area contributed by atoms with Gasteiger partial charge >= 0.3 is 0 Å².